The van der Waals surface area contributed by atoms with E-state index in [1.807, 2.05) is 0 Å². The molecule has 122 valence electrons. The summed E-state index contributed by atoms with van der Waals surface area (Å²) >= 11 is 0. The summed E-state index contributed by atoms with van der Waals surface area (Å²) in [6.45, 7) is 2.59. The average molecular weight is 320 g/mol. The van der Waals surface area contributed by atoms with Crippen LogP contribution in [0.2, 0.25) is 0 Å². The maximum atomic E-state index is 11.9. The van der Waals surface area contributed by atoms with Crippen LogP contribution in [-0.2, 0) is 9.59 Å². The largest absolute Gasteiger partial charge is 0.390 e. The molecule has 6 nitrogen and oxygen atoms in total. The number of piperidine rings is 1. The van der Waals surface area contributed by atoms with E-state index in [9.17, 15) is 14.7 Å². The van der Waals surface area contributed by atoms with Gasteiger partial charge in [0.2, 0.25) is 11.8 Å². The summed E-state index contributed by atoms with van der Waals surface area (Å²) < 4.78 is 0. The Morgan fingerprint density at radius 2 is 2.19 bits per heavy atom. The van der Waals surface area contributed by atoms with Gasteiger partial charge in [-0.05, 0) is 25.8 Å². The van der Waals surface area contributed by atoms with Crippen molar-refractivity contribution in [2.45, 2.75) is 50.7 Å². The first-order valence-electron chi connectivity index (χ1n) is 7.63. The molecule has 2 rings (SSSR count). The van der Waals surface area contributed by atoms with Gasteiger partial charge >= 0.3 is 0 Å². The number of hydrogen-bond donors (Lipinski definition) is 3. The van der Waals surface area contributed by atoms with Gasteiger partial charge in [0.15, 0.2) is 0 Å². The quantitative estimate of drug-likeness (QED) is 0.683. The molecule has 3 N–H and O–H groups in total. The first kappa shape index (κ1) is 18.2. The molecule has 0 bridgehead atoms. The van der Waals surface area contributed by atoms with E-state index in [4.69, 9.17) is 0 Å². The molecule has 2 amide bonds. The van der Waals surface area contributed by atoms with Crippen LogP contribution < -0.4 is 10.6 Å². The zero-order chi connectivity index (χ0) is 14.4. The molecule has 0 unspecified atom stereocenters. The smallest absolute Gasteiger partial charge is 0.222 e. The van der Waals surface area contributed by atoms with E-state index < -0.39 is 6.10 Å². The molecule has 0 aromatic heterocycles. The predicted molar refractivity (Wildman–Crippen MR) is 82.3 cm³/mol. The molecule has 0 radical (unpaired) electrons. The molecule has 2 heterocycles. The average Bonchev–Trinajstić information content (AvgIpc) is 2.64. The lowest BCUT2D eigenvalue weighted by atomic mass is 10.0. The molecule has 0 aromatic rings. The molecule has 0 spiro atoms. The van der Waals surface area contributed by atoms with Gasteiger partial charge in [-0.2, -0.15) is 0 Å². The Morgan fingerprint density at radius 3 is 2.95 bits per heavy atom. The molecule has 21 heavy (non-hydrogen) atoms. The van der Waals surface area contributed by atoms with Gasteiger partial charge in [-0.3, -0.25) is 9.59 Å². The van der Waals surface area contributed by atoms with Crippen molar-refractivity contribution in [2.24, 2.45) is 0 Å². The lowest BCUT2D eigenvalue weighted by molar-refractivity contribution is -0.131. The molecule has 0 saturated carbocycles. The summed E-state index contributed by atoms with van der Waals surface area (Å²) in [6, 6.07) is -0.163. The molecular formula is C14H26ClN3O3. The van der Waals surface area contributed by atoms with E-state index in [-0.39, 0.29) is 30.3 Å². The molecule has 0 aromatic carbocycles. The van der Waals surface area contributed by atoms with Gasteiger partial charge in [0.05, 0.1) is 12.1 Å². The van der Waals surface area contributed by atoms with Crippen LogP contribution in [0.1, 0.15) is 38.5 Å². The zero-order valence-corrected chi connectivity index (χ0v) is 13.2. The standard InChI is InChI=1S/C14H25N3O3.ClH/c18-12-10-15-7-5-11(12)16-13(19)6-9-17-8-3-1-2-4-14(17)20;/h11-12,15,18H,1-10H2,(H,16,19);1H/t11-,12-;/m1./s1. The second kappa shape index (κ2) is 9.23. The lowest BCUT2D eigenvalue weighted by Crippen LogP contribution is -2.53. The van der Waals surface area contributed by atoms with Gasteiger partial charge < -0.3 is 20.6 Å². The molecule has 2 saturated heterocycles. The molecule has 2 atom stereocenters. The van der Waals surface area contributed by atoms with Gasteiger partial charge in [-0.1, -0.05) is 6.42 Å². The first-order chi connectivity index (χ1) is 9.66. The fraction of sp³-hybridized carbons (Fsp3) is 0.857. The van der Waals surface area contributed by atoms with Crippen molar-refractivity contribution in [1.82, 2.24) is 15.5 Å². The Morgan fingerprint density at radius 1 is 1.38 bits per heavy atom. The minimum atomic E-state index is -0.521. The molecule has 7 heteroatoms. The van der Waals surface area contributed by atoms with Crippen molar-refractivity contribution in [2.75, 3.05) is 26.2 Å². The van der Waals surface area contributed by atoms with Crippen molar-refractivity contribution in [3.05, 3.63) is 0 Å². The van der Waals surface area contributed by atoms with Crippen molar-refractivity contribution in [1.29, 1.82) is 0 Å². The Bertz CT molecular complexity index is 354. The van der Waals surface area contributed by atoms with Gasteiger partial charge in [0, 0.05) is 32.5 Å². The van der Waals surface area contributed by atoms with E-state index in [0.29, 0.717) is 25.9 Å². The van der Waals surface area contributed by atoms with Crippen molar-refractivity contribution < 1.29 is 14.7 Å². The van der Waals surface area contributed by atoms with E-state index in [1.165, 1.54) is 0 Å². The van der Waals surface area contributed by atoms with Crippen molar-refractivity contribution >= 4 is 24.2 Å². The van der Waals surface area contributed by atoms with E-state index >= 15 is 0 Å². The molecule has 2 aliphatic heterocycles. The van der Waals surface area contributed by atoms with Crippen LogP contribution >= 0.6 is 12.4 Å². The normalized spacial score (nSPS) is 26.7. The summed E-state index contributed by atoms with van der Waals surface area (Å²) in [7, 11) is 0. The maximum absolute atomic E-state index is 11.9. The minimum Gasteiger partial charge on any atom is -0.390 e. The molecule has 2 aliphatic rings. The second-order valence-corrected chi connectivity index (χ2v) is 5.68. The Labute approximate surface area is 132 Å². The SMILES string of the molecule is Cl.O=C(CCN1CCCCCC1=O)N[C@@H]1CCNC[C@H]1O. The number of carbonyl (C=O) groups is 2. The fourth-order valence-corrected chi connectivity index (χ4v) is 2.80. The summed E-state index contributed by atoms with van der Waals surface area (Å²) in [5.41, 5.74) is 0. The second-order valence-electron chi connectivity index (χ2n) is 5.68. The number of nitrogens with one attached hydrogen (secondary N) is 2. The van der Waals surface area contributed by atoms with E-state index in [1.54, 1.807) is 4.90 Å². The number of nitrogens with zero attached hydrogens (tertiary/aromatic N) is 1. The van der Waals surface area contributed by atoms with Crippen LogP contribution in [0, 0.1) is 0 Å². The van der Waals surface area contributed by atoms with Crippen LogP contribution in [0.4, 0.5) is 0 Å². The Balaban J connectivity index is 0.00000220. The fourth-order valence-electron chi connectivity index (χ4n) is 2.80. The number of likely N-dealkylation sites (tertiary alicyclic amines) is 1. The van der Waals surface area contributed by atoms with Crippen LogP contribution in [0.15, 0.2) is 0 Å². The number of rotatable bonds is 4. The summed E-state index contributed by atoms with van der Waals surface area (Å²) in [6.07, 6.45) is 4.23. The minimum absolute atomic E-state index is 0. The third kappa shape index (κ3) is 5.80. The third-order valence-electron chi connectivity index (χ3n) is 4.08. The van der Waals surface area contributed by atoms with Crippen LogP contribution in [0.25, 0.3) is 0 Å². The van der Waals surface area contributed by atoms with Crippen LogP contribution in [0.5, 0.6) is 0 Å². The summed E-state index contributed by atoms with van der Waals surface area (Å²) in [4.78, 5) is 25.5. The molecular weight excluding hydrogens is 294 g/mol. The lowest BCUT2D eigenvalue weighted by Gasteiger charge is -2.29. The molecule has 0 aliphatic carbocycles. The van der Waals surface area contributed by atoms with Crippen molar-refractivity contribution in [3.63, 3.8) is 0 Å². The first-order valence-corrected chi connectivity index (χ1v) is 7.63. The highest BCUT2D eigenvalue weighted by Gasteiger charge is 2.24. The highest BCUT2D eigenvalue weighted by molar-refractivity contribution is 5.85. The molecule has 2 fully saturated rings. The Hall–Kier alpha value is -0.850. The number of aliphatic hydroxyl groups excluding tert-OH is 1. The van der Waals surface area contributed by atoms with Gasteiger partial charge in [0.25, 0.3) is 0 Å². The number of carbonyl (C=O) groups excluding carboxylic acids is 2. The van der Waals surface area contributed by atoms with E-state index in [0.717, 1.165) is 38.8 Å². The number of hydrogen-bond acceptors (Lipinski definition) is 4. The highest BCUT2D eigenvalue weighted by Crippen LogP contribution is 2.11. The summed E-state index contributed by atoms with van der Waals surface area (Å²) in [5.74, 6) is 0.0881. The number of halogens is 1. The number of amides is 2. The van der Waals surface area contributed by atoms with Gasteiger partial charge in [0.1, 0.15) is 0 Å². The topological polar surface area (TPSA) is 81.7 Å². The number of β-amino-alcohol motifs (C(OH)–C–C–N with tert-alkyl or cyclic N) is 1. The predicted octanol–water partition coefficient (Wildman–Crippen LogP) is 0.0399. The highest BCUT2D eigenvalue weighted by atomic mass is 35.5. The summed E-state index contributed by atoms with van der Waals surface area (Å²) in [5, 5.41) is 15.7. The van der Waals surface area contributed by atoms with Gasteiger partial charge in [-0.15, -0.1) is 12.4 Å². The third-order valence-corrected chi connectivity index (χ3v) is 4.08. The monoisotopic (exact) mass is 319 g/mol. The Kier molecular flexibility index (Phi) is 8.00. The van der Waals surface area contributed by atoms with Gasteiger partial charge in [-0.25, -0.2) is 0 Å². The maximum Gasteiger partial charge on any atom is 0.222 e. The van der Waals surface area contributed by atoms with Crippen LogP contribution in [-0.4, -0.2) is 60.1 Å². The van der Waals surface area contributed by atoms with E-state index in [2.05, 4.69) is 10.6 Å². The van der Waals surface area contributed by atoms with Crippen LogP contribution in [0.3, 0.4) is 0 Å². The zero-order valence-electron chi connectivity index (χ0n) is 12.3. The van der Waals surface area contributed by atoms with Crippen molar-refractivity contribution in [3.8, 4) is 0 Å². The number of aliphatic hydroxyl groups is 1.